The highest BCUT2D eigenvalue weighted by atomic mass is 19.4. The number of nitrogens with one attached hydrogen (secondary N) is 4. The zero-order valence-corrected chi connectivity index (χ0v) is 29.7. The summed E-state index contributed by atoms with van der Waals surface area (Å²) in [4.78, 5) is 45.5. The molecule has 0 bridgehead atoms. The van der Waals surface area contributed by atoms with Crippen LogP contribution in [0.25, 0.3) is 22.5 Å². The van der Waals surface area contributed by atoms with Crippen LogP contribution in [0.1, 0.15) is 61.3 Å². The summed E-state index contributed by atoms with van der Waals surface area (Å²) in [6.07, 6.45) is -1.76. The van der Waals surface area contributed by atoms with Crippen molar-refractivity contribution >= 4 is 23.4 Å². The highest BCUT2D eigenvalue weighted by Crippen LogP contribution is 2.36. The van der Waals surface area contributed by atoms with E-state index >= 15 is 0 Å². The number of tetrazole rings is 1. The molecule has 1 fully saturated rings. The van der Waals surface area contributed by atoms with Crippen LogP contribution in [-0.4, -0.2) is 87.0 Å². The zero-order chi connectivity index (χ0) is 38.0. The number of pyridine rings is 1. The number of aromatic nitrogens is 5. The number of rotatable bonds is 15. The first-order valence-corrected chi connectivity index (χ1v) is 17.8. The summed E-state index contributed by atoms with van der Waals surface area (Å²) < 4.78 is 42.8. The number of alkyl halides is 3. The maximum atomic E-state index is 14.3. The molecular weight excluding hydrogens is 689 g/mol. The third-order valence-electron chi connectivity index (χ3n) is 9.65. The molecule has 5 rings (SSSR count). The van der Waals surface area contributed by atoms with Crippen LogP contribution >= 0.6 is 0 Å². The van der Waals surface area contributed by atoms with Gasteiger partial charge in [0.15, 0.2) is 5.69 Å². The number of amides is 3. The Morgan fingerprint density at radius 1 is 0.943 bits per heavy atom. The Labute approximate surface area is 305 Å². The van der Waals surface area contributed by atoms with Crippen LogP contribution in [0.2, 0.25) is 0 Å². The minimum Gasteiger partial charge on any atom is -0.349 e. The van der Waals surface area contributed by atoms with Crippen molar-refractivity contribution in [3.63, 3.8) is 0 Å². The van der Waals surface area contributed by atoms with E-state index in [1.54, 1.807) is 36.4 Å². The fourth-order valence-corrected chi connectivity index (χ4v) is 6.42. The van der Waals surface area contributed by atoms with E-state index in [9.17, 15) is 27.6 Å². The van der Waals surface area contributed by atoms with Gasteiger partial charge < -0.3 is 26.6 Å². The number of anilines is 1. The number of nitrogens with zero attached hydrogens (tertiary/aromatic N) is 5. The van der Waals surface area contributed by atoms with Crippen molar-refractivity contribution < 1.29 is 27.6 Å². The summed E-state index contributed by atoms with van der Waals surface area (Å²) in [6.45, 7) is 6.94. The van der Waals surface area contributed by atoms with Gasteiger partial charge in [-0.15, -0.1) is 10.2 Å². The van der Waals surface area contributed by atoms with Gasteiger partial charge in [0, 0.05) is 42.2 Å². The lowest BCUT2D eigenvalue weighted by Crippen LogP contribution is -2.48. The SMILES string of the molecule is CCN(CC)CCNC(=O)c1ccc(-c2ccc(CC(NC(=O)C3CCC(CN)CC3)C(=O)Nc3ccc(-c4nn[nH]n4)cc3)cc2)c(C(F)(F)F)n1. The Bertz CT molecular complexity index is 1810. The van der Waals surface area contributed by atoms with Gasteiger partial charge in [-0.05, 0) is 104 Å². The van der Waals surface area contributed by atoms with Gasteiger partial charge in [0.1, 0.15) is 11.7 Å². The molecule has 53 heavy (non-hydrogen) atoms. The first-order valence-electron chi connectivity index (χ1n) is 17.8. The first-order chi connectivity index (χ1) is 25.5. The topological polar surface area (TPSA) is 184 Å². The lowest BCUT2D eigenvalue weighted by Gasteiger charge is -2.28. The molecule has 13 nitrogen and oxygen atoms in total. The predicted octanol–water partition coefficient (Wildman–Crippen LogP) is 4.45. The van der Waals surface area contributed by atoms with Crippen molar-refractivity contribution in [3.05, 3.63) is 77.6 Å². The van der Waals surface area contributed by atoms with E-state index in [2.05, 4.69) is 46.5 Å². The van der Waals surface area contributed by atoms with Gasteiger partial charge in [0.05, 0.1) is 0 Å². The van der Waals surface area contributed by atoms with Crippen LogP contribution in [0.5, 0.6) is 0 Å². The van der Waals surface area contributed by atoms with Crippen LogP contribution in [0.3, 0.4) is 0 Å². The Hall–Kier alpha value is -5.22. The molecule has 282 valence electrons. The average molecular weight is 735 g/mol. The van der Waals surface area contributed by atoms with Gasteiger partial charge in [-0.1, -0.05) is 38.1 Å². The molecule has 0 aliphatic heterocycles. The van der Waals surface area contributed by atoms with E-state index < -0.39 is 29.7 Å². The molecule has 6 N–H and O–H groups in total. The Kier molecular flexibility index (Phi) is 13.3. The Balaban J connectivity index is 1.32. The molecule has 2 aromatic heterocycles. The molecule has 2 aromatic carbocycles. The maximum Gasteiger partial charge on any atom is 0.433 e. The van der Waals surface area contributed by atoms with E-state index in [0.717, 1.165) is 25.9 Å². The predicted molar refractivity (Wildman–Crippen MR) is 193 cm³/mol. The van der Waals surface area contributed by atoms with Gasteiger partial charge >= 0.3 is 6.18 Å². The number of carbonyl (C=O) groups excluding carboxylic acids is 3. The lowest BCUT2D eigenvalue weighted by molar-refractivity contribution is -0.140. The third kappa shape index (κ3) is 10.4. The van der Waals surface area contributed by atoms with E-state index in [-0.39, 0.29) is 41.6 Å². The highest BCUT2D eigenvalue weighted by molar-refractivity contribution is 5.98. The number of hydrogen-bond acceptors (Lipinski definition) is 9. The monoisotopic (exact) mass is 734 g/mol. The number of H-pyrrole nitrogens is 1. The second-order valence-corrected chi connectivity index (χ2v) is 13.1. The molecule has 1 atom stereocenters. The number of halogens is 3. The van der Waals surface area contributed by atoms with Crippen molar-refractivity contribution in [1.82, 2.24) is 41.1 Å². The van der Waals surface area contributed by atoms with Crippen molar-refractivity contribution in [2.45, 2.75) is 58.2 Å². The van der Waals surface area contributed by atoms with Crippen LogP contribution in [0.4, 0.5) is 18.9 Å². The summed E-state index contributed by atoms with van der Waals surface area (Å²) in [5, 5.41) is 22.3. The first kappa shape index (κ1) is 39.0. The molecule has 3 amide bonds. The number of carbonyl (C=O) groups is 3. The van der Waals surface area contributed by atoms with Crippen molar-refractivity contribution in [2.24, 2.45) is 17.6 Å². The molecule has 4 aromatic rings. The standard InChI is InChI=1S/C37H45F3N10O3/c1-3-50(4-2)20-19-42-35(52)30-18-17-29(32(44-30)37(38,39)40)25-9-5-23(6-10-25)21-31(45-34(51)27-11-7-24(22-41)8-12-27)36(53)43-28-15-13-26(14-16-28)33-46-48-49-47-33/h5-6,9-10,13-18,24,27,31H,3-4,7-8,11-12,19-22,41H2,1-2H3,(H,42,52)(H,43,53)(H,45,51)(H,46,47,48,49). The van der Waals surface area contributed by atoms with Crippen molar-refractivity contribution in [2.75, 3.05) is 38.0 Å². The maximum absolute atomic E-state index is 14.3. The average Bonchev–Trinajstić information content (AvgIpc) is 3.71. The quantitative estimate of drug-likeness (QED) is 0.118. The second kappa shape index (κ2) is 18.0. The van der Waals surface area contributed by atoms with E-state index in [1.165, 1.54) is 24.3 Å². The summed E-state index contributed by atoms with van der Waals surface area (Å²) in [7, 11) is 0. The number of nitrogens with two attached hydrogens (primary N) is 1. The van der Waals surface area contributed by atoms with E-state index in [0.29, 0.717) is 54.5 Å². The molecule has 2 heterocycles. The number of aromatic amines is 1. The number of benzene rings is 2. The molecule has 0 radical (unpaired) electrons. The molecule has 1 aliphatic rings. The third-order valence-corrected chi connectivity index (χ3v) is 9.65. The summed E-state index contributed by atoms with van der Waals surface area (Å²) in [5.41, 5.74) is 6.13. The molecule has 16 heteroatoms. The Morgan fingerprint density at radius 3 is 2.23 bits per heavy atom. The van der Waals surface area contributed by atoms with Gasteiger partial charge in [-0.3, -0.25) is 14.4 Å². The van der Waals surface area contributed by atoms with Crippen LogP contribution < -0.4 is 21.7 Å². The van der Waals surface area contributed by atoms with Gasteiger partial charge in [0.25, 0.3) is 5.91 Å². The smallest absolute Gasteiger partial charge is 0.349 e. The Morgan fingerprint density at radius 2 is 1.62 bits per heavy atom. The van der Waals surface area contributed by atoms with Crippen LogP contribution in [0.15, 0.2) is 60.7 Å². The van der Waals surface area contributed by atoms with Crippen molar-refractivity contribution in [1.29, 1.82) is 0 Å². The largest absolute Gasteiger partial charge is 0.433 e. The fourth-order valence-electron chi connectivity index (χ4n) is 6.42. The molecule has 0 saturated heterocycles. The highest BCUT2D eigenvalue weighted by Gasteiger charge is 2.37. The van der Waals surface area contributed by atoms with Gasteiger partial charge in [-0.2, -0.15) is 18.4 Å². The molecule has 0 spiro atoms. The zero-order valence-electron chi connectivity index (χ0n) is 29.7. The van der Waals surface area contributed by atoms with E-state index in [4.69, 9.17) is 5.73 Å². The number of likely N-dealkylation sites (N-methyl/N-ethyl adjacent to an activating group) is 1. The van der Waals surface area contributed by atoms with Crippen LogP contribution in [-0.2, 0) is 22.2 Å². The van der Waals surface area contributed by atoms with Gasteiger partial charge in [0.2, 0.25) is 17.6 Å². The molecule has 1 saturated carbocycles. The lowest BCUT2D eigenvalue weighted by atomic mass is 9.81. The van der Waals surface area contributed by atoms with E-state index in [1.807, 2.05) is 13.8 Å². The minimum absolute atomic E-state index is 0.0773. The normalized spacial score (nSPS) is 16.6. The summed E-state index contributed by atoms with van der Waals surface area (Å²) >= 11 is 0. The van der Waals surface area contributed by atoms with Crippen molar-refractivity contribution in [3.8, 4) is 22.5 Å². The minimum atomic E-state index is -4.83. The molecule has 1 aliphatic carbocycles. The number of hydrogen-bond donors (Lipinski definition) is 5. The molecular formula is C37H45F3N10O3. The molecule has 1 unspecified atom stereocenters. The van der Waals surface area contributed by atoms with Gasteiger partial charge in [-0.25, -0.2) is 4.98 Å². The summed E-state index contributed by atoms with van der Waals surface area (Å²) in [6, 6.07) is 14.6. The van der Waals surface area contributed by atoms with Crippen LogP contribution in [0, 0.1) is 11.8 Å². The fraction of sp³-hybridized carbons (Fsp3) is 0.432. The summed E-state index contributed by atoms with van der Waals surface area (Å²) in [5.74, 6) is -0.878. The second-order valence-electron chi connectivity index (χ2n) is 13.1.